The van der Waals surface area contributed by atoms with Crippen LogP contribution in [0.1, 0.15) is 54.1 Å². The van der Waals surface area contributed by atoms with E-state index in [0.717, 1.165) is 36.9 Å². The molecule has 1 aliphatic carbocycles. The van der Waals surface area contributed by atoms with Gasteiger partial charge in [0, 0.05) is 12.1 Å². The molecule has 1 aromatic heterocycles. The second kappa shape index (κ2) is 9.06. The molecule has 168 valence electrons. The Morgan fingerprint density at radius 2 is 1.73 bits per heavy atom. The Morgan fingerprint density at radius 1 is 0.939 bits per heavy atom. The molecule has 33 heavy (non-hydrogen) atoms. The summed E-state index contributed by atoms with van der Waals surface area (Å²) in [6.45, 7) is 0.214. The van der Waals surface area contributed by atoms with Gasteiger partial charge in [-0.05, 0) is 60.9 Å². The minimum absolute atomic E-state index is 0.124. The van der Waals surface area contributed by atoms with E-state index in [2.05, 4.69) is 10.00 Å². The van der Waals surface area contributed by atoms with Gasteiger partial charge in [-0.2, -0.15) is 0 Å². The fraction of sp³-hybridized carbons (Fsp3) is 0.259. The van der Waals surface area contributed by atoms with E-state index in [1.165, 1.54) is 18.6 Å². The Hall–Kier alpha value is -3.67. The number of amides is 1. The maximum atomic E-state index is 13.6. The summed E-state index contributed by atoms with van der Waals surface area (Å²) in [4.78, 5) is 26.4. The molecule has 1 fully saturated rings. The highest BCUT2D eigenvalue weighted by Gasteiger charge is 2.24. The van der Waals surface area contributed by atoms with Crippen LogP contribution in [0.4, 0.5) is 4.39 Å². The van der Waals surface area contributed by atoms with Gasteiger partial charge in [-0.25, -0.2) is 9.07 Å². The lowest BCUT2D eigenvalue weighted by Crippen LogP contribution is -2.25. The van der Waals surface area contributed by atoms with Gasteiger partial charge < -0.3 is 5.32 Å². The monoisotopic (exact) mass is 443 g/mol. The predicted molar refractivity (Wildman–Crippen MR) is 127 cm³/mol. The third-order valence-electron chi connectivity index (χ3n) is 6.41. The zero-order valence-corrected chi connectivity index (χ0v) is 18.3. The van der Waals surface area contributed by atoms with Crippen molar-refractivity contribution in [1.82, 2.24) is 14.7 Å². The number of benzene rings is 3. The number of hydrogen-bond acceptors (Lipinski definition) is 2. The van der Waals surface area contributed by atoms with Gasteiger partial charge >= 0.3 is 0 Å². The summed E-state index contributed by atoms with van der Waals surface area (Å²) in [6, 6.07) is 21.4. The van der Waals surface area contributed by atoms with Crippen LogP contribution in [0.5, 0.6) is 0 Å². The van der Waals surface area contributed by atoms with E-state index in [1.807, 2.05) is 36.4 Å². The van der Waals surface area contributed by atoms with E-state index >= 15 is 0 Å². The summed E-state index contributed by atoms with van der Waals surface area (Å²) < 4.78 is 17.3. The highest BCUT2D eigenvalue weighted by Crippen LogP contribution is 2.31. The zero-order valence-electron chi connectivity index (χ0n) is 18.3. The molecule has 1 N–H and O–H groups in total. The molecule has 1 aliphatic rings. The average molecular weight is 444 g/mol. The quantitative estimate of drug-likeness (QED) is 0.451. The number of rotatable bonds is 5. The van der Waals surface area contributed by atoms with Crippen LogP contribution in [0, 0.1) is 5.82 Å². The standard InChI is InChI=1S/C27H26FN3O2/c28-21-9-7-8-19(16-21)18-29-26(32)20-14-15-25-24(17-20)27(33)31(23-12-5-2-6-13-23)30(25)22-10-3-1-4-11-22/h2,5-9,12-17,22H,1,3-4,10-11,18H2,(H,29,32). The van der Waals surface area contributed by atoms with Crippen LogP contribution in [0.2, 0.25) is 0 Å². The van der Waals surface area contributed by atoms with Crippen molar-refractivity contribution in [3.63, 3.8) is 0 Å². The number of aromatic nitrogens is 2. The fourth-order valence-corrected chi connectivity index (χ4v) is 4.80. The molecule has 4 aromatic rings. The van der Waals surface area contributed by atoms with Crippen LogP contribution < -0.4 is 10.9 Å². The van der Waals surface area contributed by atoms with Crippen molar-refractivity contribution in [2.45, 2.75) is 44.7 Å². The van der Waals surface area contributed by atoms with E-state index in [4.69, 9.17) is 0 Å². The van der Waals surface area contributed by atoms with Gasteiger partial charge in [-0.3, -0.25) is 14.3 Å². The van der Waals surface area contributed by atoms with E-state index in [1.54, 1.807) is 28.9 Å². The lowest BCUT2D eigenvalue weighted by Gasteiger charge is -2.26. The molecular weight excluding hydrogens is 417 g/mol. The van der Waals surface area contributed by atoms with Gasteiger partial charge in [0.15, 0.2) is 0 Å². The number of halogens is 1. The molecule has 0 spiro atoms. The molecule has 5 rings (SSSR count). The van der Waals surface area contributed by atoms with Crippen LogP contribution >= 0.6 is 0 Å². The molecule has 0 bridgehead atoms. The van der Waals surface area contributed by atoms with Crippen molar-refractivity contribution in [2.24, 2.45) is 0 Å². The Balaban J connectivity index is 1.53. The van der Waals surface area contributed by atoms with Crippen molar-refractivity contribution in [2.75, 3.05) is 0 Å². The molecule has 0 atom stereocenters. The van der Waals surface area contributed by atoms with Gasteiger partial charge in [0.05, 0.1) is 22.6 Å². The third kappa shape index (κ3) is 4.21. The zero-order chi connectivity index (χ0) is 22.8. The van der Waals surface area contributed by atoms with Crippen LogP contribution in [0.15, 0.2) is 77.6 Å². The summed E-state index contributed by atoms with van der Waals surface area (Å²) in [5, 5.41) is 3.35. The molecule has 0 aliphatic heterocycles. The van der Waals surface area contributed by atoms with Crippen molar-refractivity contribution in [1.29, 1.82) is 0 Å². The van der Waals surface area contributed by atoms with Crippen LogP contribution in [-0.2, 0) is 6.54 Å². The lowest BCUT2D eigenvalue weighted by molar-refractivity contribution is 0.0951. The van der Waals surface area contributed by atoms with Crippen LogP contribution in [0.25, 0.3) is 16.6 Å². The second-order valence-corrected chi connectivity index (χ2v) is 8.63. The van der Waals surface area contributed by atoms with Crippen LogP contribution in [-0.4, -0.2) is 15.3 Å². The number of carbonyl (C=O) groups excluding carboxylic acids is 1. The molecular formula is C27H26FN3O2. The number of carbonyl (C=O) groups is 1. The predicted octanol–water partition coefficient (Wildman–Crippen LogP) is 5.37. The molecule has 3 aromatic carbocycles. The largest absolute Gasteiger partial charge is 0.348 e. The van der Waals surface area contributed by atoms with Crippen molar-refractivity contribution >= 4 is 16.8 Å². The van der Waals surface area contributed by atoms with Gasteiger partial charge in [-0.15, -0.1) is 0 Å². The van der Waals surface area contributed by atoms with E-state index in [9.17, 15) is 14.0 Å². The lowest BCUT2D eigenvalue weighted by atomic mass is 9.95. The first-order valence-electron chi connectivity index (χ1n) is 11.5. The number of para-hydroxylation sites is 1. The van der Waals surface area contributed by atoms with Crippen molar-refractivity contribution in [3.05, 3.63) is 100 Å². The SMILES string of the molecule is O=C(NCc1cccc(F)c1)c1ccc2c(c1)c(=O)n(-c1ccccc1)n2C1CCCCC1. The fourth-order valence-electron chi connectivity index (χ4n) is 4.80. The molecule has 1 amide bonds. The maximum Gasteiger partial charge on any atom is 0.279 e. The minimum atomic E-state index is -0.339. The third-order valence-corrected chi connectivity index (χ3v) is 6.41. The second-order valence-electron chi connectivity index (χ2n) is 8.63. The first-order valence-corrected chi connectivity index (χ1v) is 11.5. The molecule has 5 nitrogen and oxygen atoms in total. The van der Waals surface area contributed by atoms with Crippen molar-refractivity contribution < 1.29 is 9.18 Å². The Kier molecular flexibility index (Phi) is 5.82. The van der Waals surface area contributed by atoms with Gasteiger partial charge in [-0.1, -0.05) is 49.6 Å². The van der Waals surface area contributed by atoms with E-state index < -0.39 is 0 Å². The molecule has 0 unspecified atom stereocenters. The topological polar surface area (TPSA) is 56.0 Å². The number of nitrogens with one attached hydrogen (secondary N) is 1. The molecule has 0 radical (unpaired) electrons. The molecule has 1 heterocycles. The summed E-state index contributed by atoms with van der Waals surface area (Å²) in [7, 11) is 0. The Labute approximate surface area is 191 Å². The number of nitrogens with zero attached hydrogens (tertiary/aromatic N) is 2. The van der Waals surface area contributed by atoms with Crippen molar-refractivity contribution in [3.8, 4) is 5.69 Å². The highest BCUT2D eigenvalue weighted by atomic mass is 19.1. The van der Waals surface area contributed by atoms with Crippen LogP contribution in [0.3, 0.4) is 0 Å². The van der Waals surface area contributed by atoms with Gasteiger partial charge in [0.1, 0.15) is 5.82 Å². The maximum absolute atomic E-state index is 13.6. The Morgan fingerprint density at radius 3 is 2.48 bits per heavy atom. The van der Waals surface area contributed by atoms with E-state index in [0.29, 0.717) is 16.5 Å². The summed E-state index contributed by atoms with van der Waals surface area (Å²) in [5.74, 6) is -0.633. The van der Waals surface area contributed by atoms with Gasteiger partial charge in [0.25, 0.3) is 11.5 Å². The van der Waals surface area contributed by atoms with E-state index in [-0.39, 0.29) is 29.9 Å². The summed E-state index contributed by atoms with van der Waals surface area (Å²) in [6.07, 6.45) is 5.58. The normalized spacial score (nSPS) is 14.5. The Bertz CT molecular complexity index is 1350. The number of hydrogen-bond donors (Lipinski definition) is 1. The minimum Gasteiger partial charge on any atom is -0.348 e. The summed E-state index contributed by atoms with van der Waals surface area (Å²) >= 11 is 0. The summed E-state index contributed by atoms with van der Waals surface area (Å²) in [5.41, 5.74) is 2.64. The first-order chi connectivity index (χ1) is 16.1. The molecule has 6 heteroatoms. The average Bonchev–Trinajstić information content (AvgIpc) is 3.15. The first kappa shape index (κ1) is 21.2. The highest BCUT2D eigenvalue weighted by molar-refractivity contribution is 5.98. The smallest absolute Gasteiger partial charge is 0.279 e. The number of fused-ring (bicyclic) bond motifs is 1. The van der Waals surface area contributed by atoms with Gasteiger partial charge in [0.2, 0.25) is 0 Å². The molecule has 1 saturated carbocycles. The molecule has 0 saturated heterocycles.